The van der Waals surface area contributed by atoms with E-state index in [-0.39, 0.29) is 12.5 Å². The highest BCUT2D eigenvalue weighted by molar-refractivity contribution is 6.39. The summed E-state index contributed by atoms with van der Waals surface area (Å²) >= 11 is 0. The summed E-state index contributed by atoms with van der Waals surface area (Å²) in [5.41, 5.74) is 3.25. The molecule has 3 rings (SSSR count). The number of benzene rings is 2. The Morgan fingerprint density at radius 2 is 1.74 bits per heavy atom. The number of methoxy groups -OCH3 is 1. The van der Waals surface area contributed by atoms with E-state index in [0.717, 1.165) is 32.4 Å². The first kappa shape index (κ1) is 25.5. The standard InChI is InChI=1S/C25H30N4O6/c1-3-14-34-20-9-7-19(8-10-20)27-24(31)25(32)28-26-16-18-6-11-21(22(15-18)33-2)35-17-23(30)29-12-4-5-13-29/h6-11,15-16H,3-5,12-14,17H2,1-2H3,(H,27,31)(H,28,32)/b26-16-. The van der Waals surface area contributed by atoms with Gasteiger partial charge in [0.25, 0.3) is 5.91 Å². The predicted molar refractivity (Wildman–Crippen MR) is 131 cm³/mol. The van der Waals surface area contributed by atoms with Crippen molar-refractivity contribution in [2.75, 3.05) is 38.7 Å². The SMILES string of the molecule is CCCOc1ccc(NC(=O)C(=O)N/N=C\c2ccc(OCC(=O)N3CCCC3)c(OC)c2)cc1. The Labute approximate surface area is 204 Å². The number of anilines is 1. The van der Waals surface area contributed by atoms with Crippen LogP contribution in [0.15, 0.2) is 47.6 Å². The van der Waals surface area contributed by atoms with Crippen LogP contribution in [-0.2, 0) is 14.4 Å². The maximum absolute atomic E-state index is 12.2. The number of hydrazone groups is 1. The molecule has 1 fully saturated rings. The van der Waals surface area contributed by atoms with Crippen molar-refractivity contribution >= 4 is 29.6 Å². The summed E-state index contributed by atoms with van der Waals surface area (Å²) in [4.78, 5) is 38.1. The quantitative estimate of drug-likeness (QED) is 0.305. The average molecular weight is 483 g/mol. The van der Waals surface area contributed by atoms with Crippen LogP contribution in [-0.4, -0.2) is 62.2 Å². The van der Waals surface area contributed by atoms with Gasteiger partial charge in [-0.25, -0.2) is 5.43 Å². The van der Waals surface area contributed by atoms with Crippen molar-refractivity contribution in [3.8, 4) is 17.2 Å². The van der Waals surface area contributed by atoms with Gasteiger partial charge in [0.05, 0.1) is 19.9 Å². The van der Waals surface area contributed by atoms with Crippen molar-refractivity contribution in [2.24, 2.45) is 5.10 Å². The first-order chi connectivity index (χ1) is 17.0. The zero-order valence-electron chi connectivity index (χ0n) is 19.9. The van der Waals surface area contributed by atoms with Crippen LogP contribution in [0.2, 0.25) is 0 Å². The fraction of sp³-hybridized carbons (Fsp3) is 0.360. The molecular weight excluding hydrogens is 452 g/mol. The van der Waals surface area contributed by atoms with Gasteiger partial charge >= 0.3 is 11.8 Å². The third kappa shape index (κ3) is 7.73. The summed E-state index contributed by atoms with van der Waals surface area (Å²) in [5, 5.41) is 6.32. The van der Waals surface area contributed by atoms with Crippen LogP contribution in [0.25, 0.3) is 0 Å². The molecule has 2 aromatic carbocycles. The maximum atomic E-state index is 12.2. The third-order valence-corrected chi connectivity index (χ3v) is 5.17. The summed E-state index contributed by atoms with van der Waals surface area (Å²) in [6.07, 6.45) is 4.29. The van der Waals surface area contributed by atoms with Crippen molar-refractivity contribution in [2.45, 2.75) is 26.2 Å². The van der Waals surface area contributed by atoms with Crippen LogP contribution in [0.1, 0.15) is 31.7 Å². The fourth-order valence-electron chi connectivity index (χ4n) is 3.34. The van der Waals surface area contributed by atoms with Crippen LogP contribution in [0, 0.1) is 0 Å². The van der Waals surface area contributed by atoms with E-state index in [2.05, 4.69) is 15.8 Å². The lowest BCUT2D eigenvalue weighted by Crippen LogP contribution is -2.32. The summed E-state index contributed by atoms with van der Waals surface area (Å²) in [5.74, 6) is -0.306. The van der Waals surface area contributed by atoms with E-state index < -0.39 is 11.8 Å². The molecule has 186 valence electrons. The minimum Gasteiger partial charge on any atom is -0.494 e. The maximum Gasteiger partial charge on any atom is 0.329 e. The molecule has 1 aliphatic heterocycles. The van der Waals surface area contributed by atoms with E-state index >= 15 is 0 Å². The summed E-state index contributed by atoms with van der Waals surface area (Å²) in [6.45, 7) is 4.07. The van der Waals surface area contributed by atoms with Gasteiger partial charge in [0.15, 0.2) is 18.1 Å². The number of hydrogen-bond donors (Lipinski definition) is 2. The summed E-state index contributed by atoms with van der Waals surface area (Å²) in [7, 11) is 1.49. The highest BCUT2D eigenvalue weighted by atomic mass is 16.5. The van der Waals surface area contributed by atoms with Gasteiger partial charge in [-0.3, -0.25) is 14.4 Å². The molecule has 10 nitrogen and oxygen atoms in total. The van der Waals surface area contributed by atoms with Gasteiger partial charge in [-0.1, -0.05) is 6.92 Å². The molecule has 35 heavy (non-hydrogen) atoms. The molecule has 1 heterocycles. The topological polar surface area (TPSA) is 119 Å². The van der Waals surface area contributed by atoms with E-state index in [1.54, 1.807) is 47.4 Å². The first-order valence-corrected chi connectivity index (χ1v) is 11.5. The Bertz CT molecular complexity index is 1050. The molecule has 0 unspecified atom stereocenters. The van der Waals surface area contributed by atoms with Crippen LogP contribution in [0.4, 0.5) is 5.69 Å². The molecule has 0 saturated carbocycles. The molecule has 10 heteroatoms. The van der Waals surface area contributed by atoms with Gasteiger partial charge in [-0.05, 0) is 67.3 Å². The van der Waals surface area contributed by atoms with Crippen molar-refractivity contribution in [1.82, 2.24) is 10.3 Å². The molecular formula is C25H30N4O6. The number of nitrogens with one attached hydrogen (secondary N) is 2. The summed E-state index contributed by atoms with van der Waals surface area (Å²) < 4.78 is 16.4. The van der Waals surface area contributed by atoms with Gasteiger partial charge < -0.3 is 24.4 Å². The molecule has 2 aromatic rings. The third-order valence-electron chi connectivity index (χ3n) is 5.17. The second-order valence-corrected chi connectivity index (χ2v) is 7.81. The van der Waals surface area contributed by atoms with Gasteiger partial charge in [0.1, 0.15) is 5.75 Å². The second kappa shape index (κ2) is 13.0. The van der Waals surface area contributed by atoms with Gasteiger partial charge in [0.2, 0.25) is 0 Å². The van der Waals surface area contributed by atoms with Gasteiger partial charge in [-0.2, -0.15) is 5.10 Å². The second-order valence-electron chi connectivity index (χ2n) is 7.81. The van der Waals surface area contributed by atoms with Crippen molar-refractivity contribution in [1.29, 1.82) is 0 Å². The Kier molecular flexibility index (Phi) is 9.47. The van der Waals surface area contributed by atoms with Crippen LogP contribution >= 0.6 is 0 Å². The molecule has 0 atom stereocenters. The van der Waals surface area contributed by atoms with Gasteiger partial charge in [0, 0.05) is 18.8 Å². The Morgan fingerprint density at radius 3 is 2.43 bits per heavy atom. The highest BCUT2D eigenvalue weighted by Crippen LogP contribution is 2.27. The van der Waals surface area contributed by atoms with Crippen LogP contribution in [0.5, 0.6) is 17.2 Å². The molecule has 0 aliphatic carbocycles. The molecule has 0 spiro atoms. The van der Waals surface area contributed by atoms with Crippen LogP contribution < -0.4 is 25.0 Å². The highest BCUT2D eigenvalue weighted by Gasteiger charge is 2.19. The molecule has 1 aliphatic rings. The number of carbonyl (C=O) groups is 3. The number of hydrogen-bond acceptors (Lipinski definition) is 7. The zero-order chi connectivity index (χ0) is 25.0. The number of nitrogens with zero attached hydrogens (tertiary/aromatic N) is 2. The molecule has 0 aromatic heterocycles. The zero-order valence-corrected chi connectivity index (χ0v) is 19.9. The predicted octanol–water partition coefficient (Wildman–Crippen LogP) is 2.57. The van der Waals surface area contributed by atoms with Crippen LogP contribution in [0.3, 0.4) is 0 Å². The fourth-order valence-corrected chi connectivity index (χ4v) is 3.34. The average Bonchev–Trinajstić information content (AvgIpc) is 3.42. The van der Waals surface area contributed by atoms with E-state index in [9.17, 15) is 14.4 Å². The lowest BCUT2D eigenvalue weighted by molar-refractivity contribution is -0.136. The largest absolute Gasteiger partial charge is 0.494 e. The van der Waals surface area contributed by atoms with Crippen molar-refractivity contribution < 1.29 is 28.6 Å². The van der Waals surface area contributed by atoms with Crippen molar-refractivity contribution in [3.63, 3.8) is 0 Å². The van der Waals surface area contributed by atoms with Gasteiger partial charge in [-0.15, -0.1) is 0 Å². The normalized spacial score (nSPS) is 12.9. The number of ether oxygens (including phenoxy) is 3. The van der Waals surface area contributed by atoms with E-state index in [1.807, 2.05) is 6.92 Å². The number of amides is 3. The molecule has 1 saturated heterocycles. The smallest absolute Gasteiger partial charge is 0.329 e. The lowest BCUT2D eigenvalue weighted by atomic mass is 10.2. The molecule has 2 N–H and O–H groups in total. The monoisotopic (exact) mass is 482 g/mol. The van der Waals surface area contributed by atoms with E-state index in [4.69, 9.17) is 14.2 Å². The van der Waals surface area contributed by atoms with Crippen molar-refractivity contribution in [3.05, 3.63) is 48.0 Å². The Hall–Kier alpha value is -4.08. The first-order valence-electron chi connectivity index (χ1n) is 11.5. The Balaban J connectivity index is 1.49. The molecule has 0 radical (unpaired) electrons. The minimum atomic E-state index is -0.917. The van der Waals surface area contributed by atoms with E-state index in [0.29, 0.717) is 35.1 Å². The number of likely N-dealkylation sites (tertiary alicyclic amines) is 1. The number of rotatable bonds is 10. The Morgan fingerprint density at radius 1 is 1.00 bits per heavy atom. The van der Waals surface area contributed by atoms with E-state index in [1.165, 1.54) is 13.3 Å². The summed E-state index contributed by atoms with van der Waals surface area (Å²) in [6, 6.07) is 11.7. The number of carbonyl (C=O) groups excluding carboxylic acids is 3. The molecule has 0 bridgehead atoms. The lowest BCUT2D eigenvalue weighted by Gasteiger charge is -2.16. The minimum absolute atomic E-state index is 0.0584. The molecule has 3 amide bonds.